The zero-order chi connectivity index (χ0) is 17.5. The summed E-state index contributed by atoms with van der Waals surface area (Å²) >= 11 is 1.32. The van der Waals surface area contributed by atoms with Gasteiger partial charge in [-0.25, -0.2) is 0 Å². The van der Waals surface area contributed by atoms with Crippen LogP contribution in [0.4, 0.5) is 0 Å². The van der Waals surface area contributed by atoms with E-state index in [0.29, 0.717) is 29.0 Å². The largest absolute Gasteiger partial charge is 0.493 e. The maximum atomic E-state index is 11.1. The predicted octanol–water partition coefficient (Wildman–Crippen LogP) is 2.83. The quantitative estimate of drug-likeness (QED) is 0.639. The molecule has 0 radical (unpaired) electrons. The molecule has 1 amide bonds. The molecule has 3 rings (SSSR count). The first-order valence-electron chi connectivity index (χ1n) is 7.63. The molecule has 2 aromatic carbocycles. The first-order chi connectivity index (χ1) is 12.3. The lowest BCUT2D eigenvalue weighted by molar-refractivity contribution is -0.116. The Hall–Kier alpha value is -2.80. The van der Waals surface area contributed by atoms with Crippen molar-refractivity contribution in [2.45, 2.75) is 6.61 Å². The number of carbonyl (C=O) groups is 1. The Morgan fingerprint density at radius 2 is 2.04 bits per heavy atom. The van der Waals surface area contributed by atoms with Gasteiger partial charge in [-0.3, -0.25) is 4.79 Å². The van der Waals surface area contributed by atoms with E-state index in [4.69, 9.17) is 9.47 Å². The summed E-state index contributed by atoms with van der Waals surface area (Å²) in [6.07, 6.45) is 1.58. The number of amidine groups is 1. The fourth-order valence-electron chi connectivity index (χ4n) is 2.20. The number of ether oxygens (including phenoxy) is 2. The number of methoxy groups -OCH3 is 1. The molecular weight excluding hydrogens is 338 g/mol. The number of benzene rings is 2. The van der Waals surface area contributed by atoms with Crippen molar-refractivity contribution in [3.8, 4) is 11.5 Å². The third-order valence-electron chi connectivity index (χ3n) is 3.39. The van der Waals surface area contributed by atoms with E-state index in [2.05, 4.69) is 15.5 Å². The van der Waals surface area contributed by atoms with Gasteiger partial charge in [-0.15, -0.1) is 5.10 Å². The van der Waals surface area contributed by atoms with Gasteiger partial charge in [-0.2, -0.15) is 5.10 Å². The predicted molar refractivity (Wildman–Crippen MR) is 99.4 cm³/mol. The molecule has 7 heteroatoms. The Bertz CT molecular complexity index is 806. The molecule has 0 aliphatic carbocycles. The van der Waals surface area contributed by atoms with Crippen molar-refractivity contribution in [3.05, 3.63) is 59.7 Å². The van der Waals surface area contributed by atoms with Crippen molar-refractivity contribution in [2.24, 2.45) is 10.2 Å². The van der Waals surface area contributed by atoms with Crippen LogP contribution in [0.2, 0.25) is 0 Å². The molecule has 1 saturated heterocycles. The van der Waals surface area contributed by atoms with Gasteiger partial charge in [0.15, 0.2) is 16.7 Å². The van der Waals surface area contributed by atoms with Crippen LogP contribution in [0.3, 0.4) is 0 Å². The third kappa shape index (κ3) is 4.60. The molecule has 0 aromatic heterocycles. The molecule has 1 fully saturated rings. The zero-order valence-electron chi connectivity index (χ0n) is 13.6. The van der Waals surface area contributed by atoms with Gasteiger partial charge in [0.1, 0.15) is 6.61 Å². The SMILES string of the molecule is COc1cccc(C=NN=C2NC(=O)CS2)c1OCc1ccccc1. The Labute approximate surface area is 149 Å². The molecule has 25 heavy (non-hydrogen) atoms. The van der Waals surface area contributed by atoms with Crippen molar-refractivity contribution in [1.82, 2.24) is 5.32 Å². The second-order valence-electron chi connectivity index (χ2n) is 5.14. The van der Waals surface area contributed by atoms with E-state index < -0.39 is 0 Å². The van der Waals surface area contributed by atoms with Crippen molar-refractivity contribution >= 4 is 29.1 Å². The van der Waals surface area contributed by atoms with Crippen LogP contribution >= 0.6 is 11.8 Å². The van der Waals surface area contributed by atoms with Gasteiger partial charge < -0.3 is 14.8 Å². The summed E-state index contributed by atoms with van der Waals surface area (Å²) in [5.41, 5.74) is 1.80. The van der Waals surface area contributed by atoms with Crippen molar-refractivity contribution < 1.29 is 14.3 Å². The first-order valence-corrected chi connectivity index (χ1v) is 8.62. The van der Waals surface area contributed by atoms with Gasteiger partial charge >= 0.3 is 0 Å². The monoisotopic (exact) mass is 355 g/mol. The minimum Gasteiger partial charge on any atom is -0.493 e. The third-order valence-corrected chi connectivity index (χ3v) is 4.25. The highest BCUT2D eigenvalue weighted by molar-refractivity contribution is 8.15. The number of hydrogen-bond acceptors (Lipinski definition) is 6. The number of thioether (sulfide) groups is 1. The minimum absolute atomic E-state index is 0.0628. The van der Waals surface area contributed by atoms with Crippen LogP contribution in [0.1, 0.15) is 11.1 Å². The highest BCUT2D eigenvalue weighted by Gasteiger charge is 2.16. The summed E-state index contributed by atoms with van der Waals surface area (Å²) in [4.78, 5) is 11.1. The highest BCUT2D eigenvalue weighted by Crippen LogP contribution is 2.30. The average molecular weight is 355 g/mol. The maximum absolute atomic E-state index is 11.1. The molecular formula is C18H17N3O3S. The summed E-state index contributed by atoms with van der Waals surface area (Å²) in [6, 6.07) is 15.4. The summed E-state index contributed by atoms with van der Waals surface area (Å²) in [6.45, 7) is 0.419. The van der Waals surface area contributed by atoms with E-state index in [-0.39, 0.29) is 5.91 Å². The molecule has 0 unspecified atom stereocenters. The zero-order valence-corrected chi connectivity index (χ0v) is 14.5. The van der Waals surface area contributed by atoms with Crippen LogP contribution in [0.15, 0.2) is 58.7 Å². The lowest BCUT2D eigenvalue weighted by Gasteiger charge is -2.13. The van der Waals surface area contributed by atoms with Crippen molar-refractivity contribution in [1.29, 1.82) is 0 Å². The van der Waals surface area contributed by atoms with E-state index in [9.17, 15) is 4.79 Å². The van der Waals surface area contributed by atoms with Crippen LogP contribution in [-0.4, -0.2) is 30.2 Å². The molecule has 1 aliphatic heterocycles. The number of amides is 1. The van der Waals surface area contributed by atoms with E-state index >= 15 is 0 Å². The summed E-state index contributed by atoms with van der Waals surface area (Å²) < 4.78 is 11.3. The molecule has 0 saturated carbocycles. The van der Waals surface area contributed by atoms with Crippen LogP contribution in [0.5, 0.6) is 11.5 Å². The van der Waals surface area contributed by atoms with Gasteiger partial charge in [-0.05, 0) is 17.7 Å². The molecule has 1 N–H and O–H groups in total. The summed E-state index contributed by atoms with van der Waals surface area (Å²) in [7, 11) is 1.59. The number of hydrogen-bond donors (Lipinski definition) is 1. The molecule has 0 spiro atoms. The fraction of sp³-hybridized carbons (Fsp3) is 0.167. The van der Waals surface area contributed by atoms with Gasteiger partial charge in [0, 0.05) is 5.56 Å². The van der Waals surface area contributed by atoms with E-state index in [1.165, 1.54) is 11.8 Å². The number of rotatable bonds is 6. The molecule has 1 heterocycles. The van der Waals surface area contributed by atoms with Crippen molar-refractivity contribution in [3.63, 3.8) is 0 Å². The van der Waals surface area contributed by atoms with Crippen LogP contribution in [-0.2, 0) is 11.4 Å². The lowest BCUT2D eigenvalue weighted by Crippen LogP contribution is -2.19. The molecule has 6 nitrogen and oxygen atoms in total. The number of para-hydroxylation sites is 1. The normalized spacial score (nSPS) is 15.6. The highest BCUT2D eigenvalue weighted by atomic mass is 32.2. The second-order valence-corrected chi connectivity index (χ2v) is 6.10. The van der Waals surface area contributed by atoms with Gasteiger partial charge in [-0.1, -0.05) is 48.2 Å². The lowest BCUT2D eigenvalue weighted by atomic mass is 10.2. The second kappa shape index (κ2) is 8.34. The smallest absolute Gasteiger partial charge is 0.236 e. The Morgan fingerprint density at radius 3 is 2.76 bits per heavy atom. The molecule has 1 aliphatic rings. The summed E-state index contributed by atoms with van der Waals surface area (Å²) in [5.74, 6) is 1.53. The average Bonchev–Trinajstić information content (AvgIpc) is 3.06. The topological polar surface area (TPSA) is 72.3 Å². The van der Waals surface area contributed by atoms with E-state index in [1.807, 2.05) is 48.5 Å². The van der Waals surface area contributed by atoms with Gasteiger partial charge in [0.05, 0.1) is 19.1 Å². The molecule has 0 atom stereocenters. The Balaban J connectivity index is 1.77. The molecule has 128 valence electrons. The maximum Gasteiger partial charge on any atom is 0.236 e. The fourth-order valence-corrected chi connectivity index (χ4v) is 2.83. The number of nitrogens with zero attached hydrogens (tertiary/aromatic N) is 2. The summed E-state index contributed by atoms with van der Waals surface area (Å²) in [5, 5.41) is 11.2. The molecule has 2 aromatic rings. The van der Waals surface area contributed by atoms with Crippen LogP contribution < -0.4 is 14.8 Å². The van der Waals surface area contributed by atoms with Gasteiger partial charge in [0.25, 0.3) is 0 Å². The Morgan fingerprint density at radius 1 is 1.20 bits per heavy atom. The number of carbonyl (C=O) groups excluding carboxylic acids is 1. The Kier molecular flexibility index (Phi) is 5.69. The molecule has 0 bridgehead atoms. The van der Waals surface area contributed by atoms with Crippen LogP contribution in [0, 0.1) is 0 Å². The van der Waals surface area contributed by atoms with Gasteiger partial charge in [0.2, 0.25) is 5.91 Å². The standard InChI is InChI=1S/C18H17N3O3S/c1-23-15-9-5-8-14(10-19-21-18-20-16(22)12-25-18)17(15)24-11-13-6-3-2-4-7-13/h2-10H,11-12H2,1H3,(H,20,21,22). The number of nitrogens with one attached hydrogen (secondary N) is 1. The van der Waals surface area contributed by atoms with E-state index in [0.717, 1.165) is 11.1 Å². The van der Waals surface area contributed by atoms with E-state index in [1.54, 1.807) is 13.3 Å². The first kappa shape index (κ1) is 17.0. The minimum atomic E-state index is -0.0628. The van der Waals surface area contributed by atoms with Crippen molar-refractivity contribution in [2.75, 3.05) is 12.9 Å². The van der Waals surface area contributed by atoms with Crippen LogP contribution in [0.25, 0.3) is 0 Å².